The van der Waals surface area contributed by atoms with Crippen molar-refractivity contribution in [2.75, 3.05) is 30.9 Å². The van der Waals surface area contributed by atoms with Gasteiger partial charge in [-0.3, -0.25) is 9.10 Å². The Morgan fingerprint density at radius 1 is 1.13 bits per heavy atom. The number of rotatable bonds is 8. The van der Waals surface area contributed by atoms with Crippen LogP contribution in [0.15, 0.2) is 42.5 Å². The van der Waals surface area contributed by atoms with E-state index in [9.17, 15) is 13.2 Å². The monoisotopic (exact) mass is 448 g/mol. The van der Waals surface area contributed by atoms with Crippen molar-refractivity contribution in [3.63, 3.8) is 0 Å². The highest BCUT2D eigenvalue weighted by atomic mass is 32.2. The van der Waals surface area contributed by atoms with Gasteiger partial charge in [-0.15, -0.1) is 0 Å². The number of hydrogen-bond donors (Lipinski definition) is 1. The van der Waals surface area contributed by atoms with Gasteiger partial charge in [0.2, 0.25) is 15.9 Å². The molecule has 1 N–H and O–H groups in total. The number of anilines is 1. The summed E-state index contributed by atoms with van der Waals surface area (Å²) in [7, 11) is -2.18. The van der Waals surface area contributed by atoms with Gasteiger partial charge in [0.1, 0.15) is 25.0 Å². The first-order chi connectivity index (χ1) is 14.7. The second-order valence-electron chi connectivity index (χ2n) is 7.31. The highest BCUT2D eigenvalue weighted by Crippen LogP contribution is 2.33. The quantitative estimate of drug-likeness (QED) is 0.667. The number of methoxy groups -OCH3 is 1. The maximum absolute atomic E-state index is 13.1. The van der Waals surface area contributed by atoms with E-state index in [0.29, 0.717) is 42.6 Å². The highest BCUT2D eigenvalue weighted by molar-refractivity contribution is 7.92. The summed E-state index contributed by atoms with van der Waals surface area (Å²) in [6.07, 6.45) is 1.40. The molecule has 0 bridgehead atoms. The van der Waals surface area contributed by atoms with E-state index in [1.54, 1.807) is 31.2 Å². The van der Waals surface area contributed by atoms with Gasteiger partial charge in [0.05, 0.1) is 25.1 Å². The molecule has 0 fully saturated rings. The van der Waals surface area contributed by atoms with Gasteiger partial charge >= 0.3 is 0 Å². The summed E-state index contributed by atoms with van der Waals surface area (Å²) in [6.45, 7) is 4.60. The molecule has 31 heavy (non-hydrogen) atoms. The average Bonchev–Trinajstić information content (AvgIpc) is 2.76. The number of hydrogen-bond acceptors (Lipinski definition) is 6. The summed E-state index contributed by atoms with van der Waals surface area (Å²) in [5, 5.41) is 2.93. The maximum Gasteiger partial charge on any atom is 0.244 e. The summed E-state index contributed by atoms with van der Waals surface area (Å²) in [6, 6.07) is 10.8. The molecule has 8 nitrogen and oxygen atoms in total. The van der Waals surface area contributed by atoms with Gasteiger partial charge in [0, 0.05) is 0 Å². The minimum atomic E-state index is -3.71. The molecule has 0 aliphatic carbocycles. The molecular weight excluding hydrogens is 420 g/mol. The fourth-order valence-electron chi connectivity index (χ4n) is 3.51. The average molecular weight is 449 g/mol. The molecule has 1 heterocycles. The fraction of sp³-hybridized carbons (Fsp3) is 0.409. The van der Waals surface area contributed by atoms with E-state index in [0.717, 1.165) is 16.1 Å². The molecule has 2 aromatic rings. The van der Waals surface area contributed by atoms with Gasteiger partial charge in [-0.25, -0.2) is 8.42 Å². The van der Waals surface area contributed by atoms with Gasteiger partial charge in [-0.2, -0.15) is 0 Å². The van der Waals surface area contributed by atoms with Crippen molar-refractivity contribution in [2.45, 2.75) is 32.4 Å². The third-order valence-electron chi connectivity index (χ3n) is 5.08. The minimum Gasteiger partial charge on any atom is -0.497 e. The van der Waals surface area contributed by atoms with Crippen LogP contribution in [0, 0.1) is 0 Å². The molecule has 0 saturated carbocycles. The fourth-order valence-corrected chi connectivity index (χ4v) is 4.72. The molecule has 2 aromatic carbocycles. The lowest BCUT2D eigenvalue weighted by molar-refractivity contribution is -0.122. The SMILES string of the molecule is CCC(C(=O)NC(C)c1ccc2c(c1)OCCO2)N(c1ccc(OC)cc1)S(C)(=O)=O. The zero-order chi connectivity index (χ0) is 22.6. The minimum absolute atomic E-state index is 0.304. The number of carbonyl (C=O) groups is 1. The van der Waals surface area contributed by atoms with Crippen LogP contribution >= 0.6 is 0 Å². The second kappa shape index (κ2) is 9.47. The first kappa shape index (κ1) is 22.7. The van der Waals surface area contributed by atoms with E-state index in [-0.39, 0.29) is 11.9 Å². The van der Waals surface area contributed by atoms with Crippen molar-refractivity contribution in [3.8, 4) is 17.2 Å². The number of benzene rings is 2. The zero-order valence-electron chi connectivity index (χ0n) is 18.1. The number of amides is 1. The Hall–Kier alpha value is -2.94. The molecule has 168 valence electrons. The molecule has 1 aliphatic rings. The van der Waals surface area contributed by atoms with Crippen molar-refractivity contribution in [1.29, 1.82) is 0 Å². The van der Waals surface area contributed by atoms with Gasteiger partial charge in [-0.1, -0.05) is 13.0 Å². The Balaban J connectivity index is 1.82. The molecule has 2 unspecified atom stereocenters. The van der Waals surface area contributed by atoms with Crippen LogP contribution in [0.2, 0.25) is 0 Å². The van der Waals surface area contributed by atoms with Crippen molar-refractivity contribution >= 4 is 21.6 Å². The molecular formula is C22H28N2O6S. The van der Waals surface area contributed by atoms with E-state index in [1.165, 1.54) is 7.11 Å². The Bertz CT molecular complexity index is 1020. The number of nitrogens with zero attached hydrogens (tertiary/aromatic N) is 1. The zero-order valence-corrected chi connectivity index (χ0v) is 18.9. The van der Waals surface area contributed by atoms with Crippen LogP contribution in [-0.2, 0) is 14.8 Å². The summed E-state index contributed by atoms with van der Waals surface area (Å²) >= 11 is 0. The lowest BCUT2D eigenvalue weighted by atomic mass is 10.1. The Labute approximate surface area is 183 Å². The topological polar surface area (TPSA) is 94.2 Å². The van der Waals surface area contributed by atoms with E-state index >= 15 is 0 Å². The van der Waals surface area contributed by atoms with Crippen molar-refractivity contribution in [1.82, 2.24) is 5.32 Å². The normalized spacial score (nSPS) is 15.0. The molecule has 0 aromatic heterocycles. The van der Waals surface area contributed by atoms with Crippen molar-refractivity contribution in [3.05, 3.63) is 48.0 Å². The van der Waals surface area contributed by atoms with E-state index in [2.05, 4.69) is 5.32 Å². The van der Waals surface area contributed by atoms with Gasteiger partial charge in [-0.05, 0) is 55.3 Å². The second-order valence-corrected chi connectivity index (χ2v) is 9.17. The largest absolute Gasteiger partial charge is 0.497 e. The highest BCUT2D eigenvalue weighted by Gasteiger charge is 2.32. The lowest BCUT2D eigenvalue weighted by Gasteiger charge is -2.31. The molecule has 0 radical (unpaired) electrons. The smallest absolute Gasteiger partial charge is 0.244 e. The molecule has 1 aliphatic heterocycles. The van der Waals surface area contributed by atoms with Crippen molar-refractivity contribution < 1.29 is 27.4 Å². The van der Waals surface area contributed by atoms with Crippen LogP contribution in [0.25, 0.3) is 0 Å². The van der Waals surface area contributed by atoms with Crippen molar-refractivity contribution in [2.24, 2.45) is 0 Å². The predicted octanol–water partition coefficient (Wildman–Crippen LogP) is 2.89. The number of sulfonamides is 1. The van der Waals surface area contributed by atoms with Crippen LogP contribution in [0.5, 0.6) is 17.2 Å². The number of ether oxygens (including phenoxy) is 3. The van der Waals surface area contributed by atoms with Crippen LogP contribution in [0.4, 0.5) is 5.69 Å². The molecule has 0 spiro atoms. The van der Waals surface area contributed by atoms with E-state index < -0.39 is 16.1 Å². The lowest BCUT2D eigenvalue weighted by Crippen LogP contribution is -2.49. The molecule has 9 heteroatoms. The van der Waals surface area contributed by atoms with Gasteiger partial charge < -0.3 is 19.5 Å². The first-order valence-corrected chi connectivity index (χ1v) is 11.9. The van der Waals surface area contributed by atoms with E-state index in [1.807, 2.05) is 25.1 Å². The molecule has 1 amide bonds. The summed E-state index contributed by atoms with van der Waals surface area (Å²) in [5.74, 6) is 1.52. The summed E-state index contributed by atoms with van der Waals surface area (Å²) < 4.78 is 42.6. The van der Waals surface area contributed by atoms with Crippen LogP contribution in [-0.4, -0.2) is 46.9 Å². The third-order valence-corrected chi connectivity index (χ3v) is 6.26. The van der Waals surface area contributed by atoms with Crippen LogP contribution < -0.4 is 23.8 Å². The van der Waals surface area contributed by atoms with E-state index in [4.69, 9.17) is 14.2 Å². The molecule has 2 atom stereocenters. The Morgan fingerprint density at radius 3 is 2.35 bits per heavy atom. The first-order valence-electron chi connectivity index (χ1n) is 10.1. The third kappa shape index (κ3) is 5.22. The standard InChI is InChI=1S/C22H28N2O6S/c1-5-19(24(31(4,26)27)17-7-9-18(28-3)10-8-17)22(25)23-15(2)16-6-11-20-21(14-16)30-13-12-29-20/h6-11,14-15,19H,5,12-13H2,1-4H3,(H,23,25). The number of carbonyl (C=O) groups excluding carboxylic acids is 1. The number of nitrogens with one attached hydrogen (secondary N) is 1. The predicted molar refractivity (Wildman–Crippen MR) is 118 cm³/mol. The summed E-state index contributed by atoms with van der Waals surface area (Å²) in [5.41, 5.74) is 1.24. The summed E-state index contributed by atoms with van der Waals surface area (Å²) in [4.78, 5) is 13.1. The maximum atomic E-state index is 13.1. The van der Waals surface area contributed by atoms with Gasteiger partial charge in [0.25, 0.3) is 0 Å². The van der Waals surface area contributed by atoms with Crippen LogP contribution in [0.3, 0.4) is 0 Å². The van der Waals surface area contributed by atoms with Crippen LogP contribution in [0.1, 0.15) is 31.9 Å². The Morgan fingerprint density at radius 2 is 1.77 bits per heavy atom. The molecule has 3 rings (SSSR count). The van der Waals surface area contributed by atoms with Gasteiger partial charge in [0.15, 0.2) is 11.5 Å². The number of fused-ring (bicyclic) bond motifs is 1. The Kier molecular flexibility index (Phi) is 6.94. The molecule has 0 saturated heterocycles.